The van der Waals surface area contributed by atoms with Crippen LogP contribution in [0.4, 0.5) is 17.5 Å². The fourth-order valence-electron chi connectivity index (χ4n) is 4.37. The highest BCUT2D eigenvalue weighted by Gasteiger charge is 2.36. The van der Waals surface area contributed by atoms with Crippen molar-refractivity contribution < 1.29 is 19.1 Å². The fourth-order valence-corrected chi connectivity index (χ4v) is 4.37. The van der Waals surface area contributed by atoms with Gasteiger partial charge in [-0.2, -0.15) is 10.1 Å². The minimum absolute atomic E-state index is 0.0557. The van der Waals surface area contributed by atoms with Crippen LogP contribution < -0.4 is 20.7 Å². The quantitative estimate of drug-likeness (QED) is 0.334. The molecule has 0 radical (unpaired) electrons. The number of nitrogens with one attached hydrogen (secondary N) is 1. The van der Waals surface area contributed by atoms with E-state index in [2.05, 4.69) is 25.4 Å². The third-order valence-corrected chi connectivity index (χ3v) is 6.70. The van der Waals surface area contributed by atoms with Gasteiger partial charge in [-0.15, -0.1) is 0 Å². The number of hydrogen-bond donors (Lipinski definition) is 3. The highest BCUT2D eigenvalue weighted by atomic mass is 16.5. The lowest BCUT2D eigenvalue weighted by molar-refractivity contribution is -0.0663. The number of carbonyl (C=O) groups excluding carboxylic acids is 1. The van der Waals surface area contributed by atoms with Crippen molar-refractivity contribution in [2.75, 3.05) is 29.9 Å². The van der Waals surface area contributed by atoms with Crippen LogP contribution in [-0.2, 0) is 7.05 Å². The number of carbonyl (C=O) groups is 1. The average molecular weight is 491 g/mol. The van der Waals surface area contributed by atoms with E-state index in [1.165, 1.54) is 0 Å². The second-order valence-corrected chi connectivity index (χ2v) is 9.48. The Morgan fingerprint density at radius 1 is 1.31 bits per heavy atom. The number of ether oxygens (including phenoxy) is 1. The number of rotatable bonds is 8. The summed E-state index contributed by atoms with van der Waals surface area (Å²) >= 11 is 0. The molecule has 4 aromatic rings. The van der Waals surface area contributed by atoms with E-state index in [0.717, 1.165) is 24.8 Å². The van der Waals surface area contributed by atoms with Crippen LogP contribution in [0, 0.1) is 0 Å². The van der Waals surface area contributed by atoms with Gasteiger partial charge in [-0.1, -0.05) is 0 Å². The van der Waals surface area contributed by atoms with E-state index in [0.29, 0.717) is 41.8 Å². The van der Waals surface area contributed by atoms with E-state index in [9.17, 15) is 9.90 Å². The molecule has 36 heavy (non-hydrogen) atoms. The van der Waals surface area contributed by atoms with E-state index in [-0.39, 0.29) is 24.0 Å². The molecule has 2 aliphatic rings. The van der Waals surface area contributed by atoms with Gasteiger partial charge < -0.3 is 30.2 Å². The molecule has 1 saturated carbocycles. The number of anilines is 3. The lowest BCUT2D eigenvalue weighted by Gasteiger charge is -2.37. The van der Waals surface area contributed by atoms with Gasteiger partial charge in [0.15, 0.2) is 17.1 Å². The van der Waals surface area contributed by atoms with Crippen LogP contribution in [0.15, 0.2) is 41.2 Å². The third kappa shape index (κ3) is 4.19. The van der Waals surface area contributed by atoms with Crippen molar-refractivity contribution in [1.29, 1.82) is 0 Å². The van der Waals surface area contributed by atoms with Crippen molar-refractivity contribution in [3.63, 3.8) is 0 Å². The zero-order valence-electron chi connectivity index (χ0n) is 19.7. The molecule has 3 aromatic heterocycles. The number of primary amides is 1. The number of hydrogen-bond acceptors (Lipinski definition) is 10. The summed E-state index contributed by atoms with van der Waals surface area (Å²) in [5.41, 5.74) is 7.64. The normalized spacial score (nSPS) is 17.0. The Balaban J connectivity index is 1.13. The number of fused-ring (bicyclic) bond motifs is 1. The fraction of sp³-hybridized carbons (Fsp3) is 0.375. The number of aromatic nitrogens is 5. The molecule has 4 N–H and O–H groups in total. The molecular weight excluding hydrogens is 464 g/mol. The van der Waals surface area contributed by atoms with Gasteiger partial charge in [0.25, 0.3) is 11.9 Å². The Morgan fingerprint density at radius 2 is 2.14 bits per heavy atom. The largest absolute Gasteiger partial charge is 0.490 e. The zero-order valence-corrected chi connectivity index (χ0v) is 19.7. The highest BCUT2D eigenvalue weighted by Crippen LogP contribution is 2.35. The summed E-state index contributed by atoms with van der Waals surface area (Å²) in [6.07, 6.45) is 7.61. The summed E-state index contributed by atoms with van der Waals surface area (Å²) in [4.78, 5) is 27.5. The number of oxazole rings is 1. The first-order chi connectivity index (χ1) is 17.3. The maximum atomic E-state index is 12.0. The van der Waals surface area contributed by atoms with Gasteiger partial charge in [0.2, 0.25) is 0 Å². The van der Waals surface area contributed by atoms with Crippen molar-refractivity contribution in [3.05, 3.63) is 48.2 Å². The van der Waals surface area contributed by atoms with Gasteiger partial charge in [0.1, 0.15) is 17.9 Å². The summed E-state index contributed by atoms with van der Waals surface area (Å²) in [5.74, 6) is 0.326. The number of nitrogens with zero attached hydrogens (tertiary/aromatic N) is 6. The molecule has 1 aliphatic carbocycles. The van der Waals surface area contributed by atoms with E-state index in [1.807, 2.05) is 17.0 Å². The Hall–Kier alpha value is -4.19. The van der Waals surface area contributed by atoms with Gasteiger partial charge in [-0.3, -0.25) is 9.48 Å². The molecule has 2 fully saturated rings. The second-order valence-electron chi connectivity index (χ2n) is 9.48. The average Bonchev–Trinajstić information content (AvgIpc) is 3.41. The first-order valence-corrected chi connectivity index (χ1v) is 11.8. The summed E-state index contributed by atoms with van der Waals surface area (Å²) in [6.45, 7) is 1.51. The Bertz CT molecular complexity index is 1440. The summed E-state index contributed by atoms with van der Waals surface area (Å²) in [7, 11) is 1.79. The summed E-state index contributed by atoms with van der Waals surface area (Å²) in [6, 6.07) is 5.98. The molecule has 186 valence electrons. The predicted octanol–water partition coefficient (Wildman–Crippen LogP) is 2.09. The van der Waals surface area contributed by atoms with Crippen molar-refractivity contribution in [2.24, 2.45) is 12.8 Å². The standard InChI is InChI=1S/C24H26N8O4/c1-31-12-15(8-27-31)28-22-20(21(25)33)29-18(9-26-22)14-10-32(11-14)23-30-17-4-3-16(7-19(17)36-23)35-13-24(34)5-2-6-24/h3-4,7-9,12,14,34H,2,5-6,10-11,13H2,1H3,(H2,25,33)(H,26,28). The third-order valence-electron chi connectivity index (χ3n) is 6.70. The first kappa shape index (κ1) is 22.3. The van der Waals surface area contributed by atoms with E-state index in [4.69, 9.17) is 14.9 Å². The number of amides is 1. The molecule has 1 aromatic carbocycles. The van der Waals surface area contributed by atoms with Crippen molar-refractivity contribution in [3.8, 4) is 5.75 Å². The molecule has 4 heterocycles. The smallest absolute Gasteiger partial charge is 0.298 e. The Morgan fingerprint density at radius 3 is 2.83 bits per heavy atom. The molecule has 12 nitrogen and oxygen atoms in total. The second kappa shape index (κ2) is 8.48. The monoisotopic (exact) mass is 490 g/mol. The van der Waals surface area contributed by atoms with E-state index >= 15 is 0 Å². The van der Waals surface area contributed by atoms with Crippen molar-refractivity contribution in [2.45, 2.75) is 30.8 Å². The molecule has 0 spiro atoms. The minimum Gasteiger partial charge on any atom is -0.490 e. The SMILES string of the molecule is Cn1cc(Nc2ncc(C3CN(c4nc5ccc(OCC6(O)CCC6)cc5o4)C3)nc2C(N)=O)cn1. The topological polar surface area (TPSA) is 157 Å². The number of nitrogens with two attached hydrogens (primary N) is 1. The van der Waals surface area contributed by atoms with Crippen LogP contribution in [0.2, 0.25) is 0 Å². The van der Waals surface area contributed by atoms with Crippen LogP contribution in [0.25, 0.3) is 11.1 Å². The van der Waals surface area contributed by atoms with Crippen LogP contribution in [0.3, 0.4) is 0 Å². The summed E-state index contributed by atoms with van der Waals surface area (Å²) in [5, 5.41) is 17.4. The predicted molar refractivity (Wildman–Crippen MR) is 130 cm³/mol. The molecule has 1 amide bonds. The van der Waals surface area contributed by atoms with Gasteiger partial charge in [-0.25, -0.2) is 9.97 Å². The molecule has 0 atom stereocenters. The van der Waals surface area contributed by atoms with Gasteiger partial charge in [-0.05, 0) is 31.4 Å². The number of benzene rings is 1. The zero-order chi connectivity index (χ0) is 24.9. The maximum Gasteiger partial charge on any atom is 0.298 e. The summed E-state index contributed by atoms with van der Waals surface area (Å²) < 4.78 is 13.4. The maximum absolute atomic E-state index is 12.0. The first-order valence-electron chi connectivity index (χ1n) is 11.8. The molecule has 0 bridgehead atoms. The Kier molecular flexibility index (Phi) is 5.25. The van der Waals surface area contributed by atoms with Crippen molar-refractivity contribution in [1.82, 2.24) is 24.7 Å². The Labute approximate surface area is 206 Å². The van der Waals surface area contributed by atoms with Crippen molar-refractivity contribution >= 4 is 34.5 Å². The van der Waals surface area contributed by atoms with Crippen LogP contribution >= 0.6 is 0 Å². The molecule has 12 heteroatoms. The minimum atomic E-state index is -0.710. The van der Waals surface area contributed by atoms with Gasteiger partial charge in [0.05, 0.1) is 29.4 Å². The molecular formula is C24H26N8O4. The van der Waals surface area contributed by atoms with Crippen LogP contribution in [-0.4, -0.2) is 61.0 Å². The van der Waals surface area contributed by atoms with E-state index < -0.39 is 11.5 Å². The van der Waals surface area contributed by atoms with Crippen LogP contribution in [0.1, 0.15) is 41.4 Å². The highest BCUT2D eigenvalue weighted by molar-refractivity contribution is 5.96. The van der Waals surface area contributed by atoms with Gasteiger partial charge in [0, 0.05) is 38.3 Å². The lowest BCUT2D eigenvalue weighted by atomic mass is 9.81. The van der Waals surface area contributed by atoms with Gasteiger partial charge >= 0.3 is 0 Å². The molecule has 1 aliphatic heterocycles. The van der Waals surface area contributed by atoms with Crippen LogP contribution in [0.5, 0.6) is 5.75 Å². The van der Waals surface area contributed by atoms with E-state index in [1.54, 1.807) is 36.4 Å². The number of aliphatic hydroxyl groups is 1. The molecule has 0 unspecified atom stereocenters. The lowest BCUT2D eigenvalue weighted by Crippen LogP contribution is -2.45. The molecule has 1 saturated heterocycles. The molecule has 6 rings (SSSR count). The number of aryl methyl sites for hydroxylation is 1.